The number of para-hydroxylation sites is 1. The summed E-state index contributed by atoms with van der Waals surface area (Å²) in [5, 5.41) is 6.44. The Labute approximate surface area is 176 Å². The molecule has 4 aromatic rings. The molecule has 1 saturated heterocycles. The number of aromatic amines is 1. The Kier molecular flexibility index (Phi) is 4.76. The van der Waals surface area contributed by atoms with Gasteiger partial charge in [0, 0.05) is 47.2 Å². The molecule has 2 amide bonds. The lowest BCUT2D eigenvalue weighted by Gasteiger charge is -2.15. The van der Waals surface area contributed by atoms with Gasteiger partial charge in [0.1, 0.15) is 0 Å². The van der Waals surface area contributed by atoms with Gasteiger partial charge in [0.15, 0.2) is 5.13 Å². The van der Waals surface area contributed by atoms with Gasteiger partial charge >= 0.3 is 0 Å². The zero-order chi connectivity index (χ0) is 20.5. The highest BCUT2D eigenvalue weighted by molar-refractivity contribution is 7.14. The van der Waals surface area contributed by atoms with E-state index < -0.39 is 0 Å². The topological polar surface area (TPSA) is 91.0 Å². The van der Waals surface area contributed by atoms with E-state index in [9.17, 15) is 9.59 Å². The first-order valence-corrected chi connectivity index (χ1v) is 10.6. The number of rotatable bonds is 5. The number of hydrogen-bond acceptors (Lipinski definition) is 5. The highest BCUT2D eigenvalue weighted by atomic mass is 32.1. The fourth-order valence-corrected chi connectivity index (χ4v) is 4.45. The molecule has 0 saturated carbocycles. The minimum absolute atomic E-state index is 0.0283. The number of hydrogen-bond donors (Lipinski definition) is 2. The van der Waals surface area contributed by atoms with Crippen LogP contribution in [0.3, 0.4) is 0 Å². The Balaban J connectivity index is 1.26. The smallest absolute Gasteiger partial charge is 0.231 e. The van der Waals surface area contributed by atoms with Crippen LogP contribution in [0, 0.1) is 5.92 Å². The molecular weight excluding hydrogens is 398 g/mol. The molecule has 1 aliphatic heterocycles. The highest BCUT2D eigenvalue weighted by Gasteiger charge is 2.34. The zero-order valence-electron chi connectivity index (χ0n) is 16.0. The Bertz CT molecular complexity index is 1220. The number of nitrogens with zero attached hydrogens (tertiary/aromatic N) is 3. The van der Waals surface area contributed by atoms with Crippen molar-refractivity contribution in [1.82, 2.24) is 19.9 Å². The highest BCUT2D eigenvalue weighted by Crippen LogP contribution is 2.31. The number of carbonyl (C=O) groups excluding carboxylic acids is 2. The van der Waals surface area contributed by atoms with Crippen molar-refractivity contribution in [1.29, 1.82) is 0 Å². The van der Waals surface area contributed by atoms with Gasteiger partial charge in [-0.2, -0.15) is 0 Å². The van der Waals surface area contributed by atoms with Crippen LogP contribution < -0.4 is 5.32 Å². The predicted molar refractivity (Wildman–Crippen MR) is 116 cm³/mol. The normalized spacial score (nSPS) is 16.3. The van der Waals surface area contributed by atoms with Gasteiger partial charge in [-0.05, 0) is 18.2 Å². The van der Waals surface area contributed by atoms with Crippen molar-refractivity contribution in [3.63, 3.8) is 0 Å². The van der Waals surface area contributed by atoms with Crippen molar-refractivity contribution in [2.45, 2.75) is 13.0 Å². The molecule has 3 aromatic heterocycles. The second-order valence-electron chi connectivity index (χ2n) is 7.27. The molecule has 8 heteroatoms. The molecule has 7 nitrogen and oxygen atoms in total. The summed E-state index contributed by atoms with van der Waals surface area (Å²) in [5.41, 5.74) is 3.67. The van der Waals surface area contributed by atoms with Gasteiger partial charge in [0.05, 0.1) is 23.9 Å². The van der Waals surface area contributed by atoms with Crippen molar-refractivity contribution >= 4 is 39.2 Å². The van der Waals surface area contributed by atoms with Crippen LogP contribution in [-0.2, 0) is 16.1 Å². The first-order chi connectivity index (χ1) is 14.7. The summed E-state index contributed by atoms with van der Waals surface area (Å²) in [4.78, 5) is 38.8. The summed E-state index contributed by atoms with van der Waals surface area (Å²) in [6.07, 6.45) is 3.84. The average Bonchev–Trinajstić information content (AvgIpc) is 3.48. The minimum Gasteiger partial charge on any atom is -0.360 e. The van der Waals surface area contributed by atoms with Crippen molar-refractivity contribution in [2.75, 3.05) is 11.9 Å². The number of benzene rings is 1. The molecule has 1 atom stereocenters. The number of nitrogens with one attached hydrogen (secondary N) is 2. The lowest BCUT2D eigenvalue weighted by atomic mass is 10.1. The molecule has 4 heterocycles. The number of H-pyrrole nitrogens is 1. The van der Waals surface area contributed by atoms with Crippen molar-refractivity contribution in [2.24, 2.45) is 5.92 Å². The molecule has 1 fully saturated rings. The summed E-state index contributed by atoms with van der Waals surface area (Å²) in [5.74, 6) is -0.590. The van der Waals surface area contributed by atoms with E-state index in [0.29, 0.717) is 18.2 Å². The van der Waals surface area contributed by atoms with Crippen molar-refractivity contribution in [3.05, 3.63) is 65.9 Å². The number of likely N-dealkylation sites (tertiary alicyclic amines) is 1. The van der Waals surface area contributed by atoms with E-state index in [4.69, 9.17) is 0 Å². The van der Waals surface area contributed by atoms with Crippen LogP contribution in [0.2, 0.25) is 0 Å². The molecule has 0 radical (unpaired) electrons. The van der Waals surface area contributed by atoms with Gasteiger partial charge in [-0.15, -0.1) is 11.3 Å². The predicted octanol–water partition coefficient (Wildman–Crippen LogP) is 3.67. The second kappa shape index (κ2) is 7.72. The molecule has 0 aliphatic carbocycles. The van der Waals surface area contributed by atoms with Crippen LogP contribution >= 0.6 is 11.3 Å². The lowest BCUT2D eigenvalue weighted by Crippen LogP contribution is -2.28. The molecule has 0 unspecified atom stereocenters. The van der Waals surface area contributed by atoms with Crippen LogP contribution in [0.4, 0.5) is 5.13 Å². The number of fused-ring (bicyclic) bond motifs is 1. The Hall–Kier alpha value is -3.52. The first-order valence-electron chi connectivity index (χ1n) is 9.68. The van der Waals surface area contributed by atoms with Gasteiger partial charge in [0.2, 0.25) is 11.8 Å². The summed E-state index contributed by atoms with van der Waals surface area (Å²) in [6.45, 7) is 0.813. The fraction of sp³-hybridized carbons (Fsp3) is 0.182. The van der Waals surface area contributed by atoms with E-state index in [1.165, 1.54) is 11.3 Å². The third-order valence-electron chi connectivity index (χ3n) is 5.26. The van der Waals surface area contributed by atoms with Crippen LogP contribution in [0.1, 0.15) is 12.1 Å². The van der Waals surface area contributed by atoms with E-state index >= 15 is 0 Å². The van der Waals surface area contributed by atoms with E-state index in [1.807, 2.05) is 54.0 Å². The van der Waals surface area contributed by atoms with Gasteiger partial charge in [-0.25, -0.2) is 4.98 Å². The number of thiazole rings is 1. The maximum absolute atomic E-state index is 12.7. The third-order valence-corrected chi connectivity index (χ3v) is 6.02. The van der Waals surface area contributed by atoms with E-state index in [0.717, 1.165) is 27.9 Å². The molecule has 1 aromatic carbocycles. The standard InChI is InChI=1S/C22H19N5O2S/c28-20-9-14(11-27(20)12-15-5-3-4-8-23-15)21(29)26-22-25-19(13-30-22)17-10-24-18-7-2-1-6-16(17)18/h1-8,10,13-14,24H,9,11-12H2,(H,25,26,29)/t14-/m0/s1. The molecule has 2 N–H and O–H groups in total. The maximum atomic E-state index is 12.7. The molecule has 30 heavy (non-hydrogen) atoms. The van der Waals surface area contributed by atoms with Crippen LogP contribution in [-0.4, -0.2) is 38.2 Å². The molecule has 0 spiro atoms. The van der Waals surface area contributed by atoms with Gasteiger partial charge < -0.3 is 15.2 Å². The van der Waals surface area contributed by atoms with Crippen LogP contribution in [0.15, 0.2) is 60.2 Å². The Morgan fingerprint density at radius 3 is 2.97 bits per heavy atom. The summed E-state index contributed by atoms with van der Waals surface area (Å²) in [7, 11) is 0. The monoisotopic (exact) mass is 417 g/mol. The quantitative estimate of drug-likeness (QED) is 0.518. The summed E-state index contributed by atoms with van der Waals surface area (Å²) >= 11 is 1.38. The zero-order valence-corrected chi connectivity index (χ0v) is 16.9. The van der Waals surface area contributed by atoms with Gasteiger partial charge in [-0.1, -0.05) is 24.3 Å². The van der Waals surface area contributed by atoms with Crippen LogP contribution in [0.5, 0.6) is 0 Å². The molecule has 0 bridgehead atoms. The largest absolute Gasteiger partial charge is 0.360 e. The first kappa shape index (κ1) is 18.5. The molecular formula is C22H19N5O2S. The number of anilines is 1. The molecule has 5 rings (SSSR count). The van der Waals surface area contributed by atoms with E-state index in [2.05, 4.69) is 20.3 Å². The summed E-state index contributed by atoms with van der Waals surface area (Å²) < 4.78 is 0. The fourth-order valence-electron chi connectivity index (χ4n) is 3.73. The number of carbonyl (C=O) groups is 2. The second-order valence-corrected chi connectivity index (χ2v) is 8.13. The number of amides is 2. The molecule has 150 valence electrons. The minimum atomic E-state index is -0.387. The number of aromatic nitrogens is 3. The summed E-state index contributed by atoms with van der Waals surface area (Å²) in [6, 6.07) is 13.6. The van der Waals surface area contributed by atoms with Crippen molar-refractivity contribution in [3.8, 4) is 11.3 Å². The van der Waals surface area contributed by atoms with Gasteiger partial charge in [0.25, 0.3) is 0 Å². The van der Waals surface area contributed by atoms with Crippen LogP contribution in [0.25, 0.3) is 22.2 Å². The molecule has 1 aliphatic rings. The number of pyridine rings is 1. The van der Waals surface area contributed by atoms with E-state index in [1.54, 1.807) is 11.1 Å². The van der Waals surface area contributed by atoms with Crippen molar-refractivity contribution < 1.29 is 9.59 Å². The van der Waals surface area contributed by atoms with Gasteiger partial charge in [-0.3, -0.25) is 14.6 Å². The lowest BCUT2D eigenvalue weighted by molar-refractivity contribution is -0.128. The average molecular weight is 417 g/mol. The van der Waals surface area contributed by atoms with E-state index in [-0.39, 0.29) is 24.2 Å². The Morgan fingerprint density at radius 1 is 1.23 bits per heavy atom. The maximum Gasteiger partial charge on any atom is 0.231 e. The Morgan fingerprint density at radius 2 is 2.10 bits per heavy atom. The third kappa shape index (κ3) is 3.57. The SMILES string of the molecule is O=C(Nc1nc(-c2c[nH]c3ccccc23)cs1)[C@H]1CC(=O)N(Cc2ccccn2)C1.